The summed E-state index contributed by atoms with van der Waals surface area (Å²) in [5, 5.41) is 20.9. The molecule has 3 heterocycles. The van der Waals surface area contributed by atoms with E-state index >= 15 is 0 Å². The number of hydrogen-bond donors (Lipinski definition) is 3. The van der Waals surface area contributed by atoms with Crippen molar-refractivity contribution in [2.24, 2.45) is 0 Å². The molecule has 0 aliphatic carbocycles. The largest absolute Gasteiger partial charge is 0.423 e. The van der Waals surface area contributed by atoms with Gasteiger partial charge in [-0.3, -0.25) is 9.36 Å². The summed E-state index contributed by atoms with van der Waals surface area (Å²) >= 11 is 0. The third-order valence-corrected chi connectivity index (χ3v) is 4.67. The van der Waals surface area contributed by atoms with Gasteiger partial charge in [0, 0.05) is 18.7 Å². The minimum atomic E-state index is -3.86. The van der Waals surface area contributed by atoms with E-state index in [0.29, 0.717) is 4.57 Å². The van der Waals surface area contributed by atoms with Crippen LogP contribution in [0.1, 0.15) is 23.5 Å². The van der Waals surface area contributed by atoms with Crippen molar-refractivity contribution in [2.45, 2.75) is 37.3 Å². The summed E-state index contributed by atoms with van der Waals surface area (Å²) in [6, 6.07) is 2.58. The van der Waals surface area contributed by atoms with Gasteiger partial charge in [-0.25, -0.2) is 4.79 Å². The Hall–Kier alpha value is -3.16. The van der Waals surface area contributed by atoms with Gasteiger partial charge in [0.05, 0.1) is 6.61 Å². The lowest BCUT2D eigenvalue weighted by Crippen LogP contribution is -2.41. The van der Waals surface area contributed by atoms with Crippen molar-refractivity contribution in [3.63, 3.8) is 0 Å². The van der Waals surface area contributed by atoms with Crippen molar-refractivity contribution in [1.29, 1.82) is 0 Å². The van der Waals surface area contributed by atoms with Crippen LogP contribution in [-0.4, -0.2) is 56.4 Å². The number of halogens is 3. The van der Waals surface area contributed by atoms with E-state index in [0.717, 1.165) is 19.2 Å². The van der Waals surface area contributed by atoms with E-state index in [-0.39, 0.29) is 22.9 Å². The summed E-state index contributed by atoms with van der Waals surface area (Å²) in [4.78, 5) is 28.1. The number of nitrogens with one attached hydrogen (secondary N) is 1. The van der Waals surface area contributed by atoms with Gasteiger partial charge in [0.25, 0.3) is 5.91 Å². The summed E-state index contributed by atoms with van der Waals surface area (Å²) in [6.45, 7) is 0.172. The van der Waals surface area contributed by atoms with Crippen molar-refractivity contribution in [3.8, 4) is 11.5 Å². The molecule has 2 aromatic rings. The molecule has 2 unspecified atom stereocenters. The Morgan fingerprint density at radius 3 is 2.61 bits per heavy atom. The summed E-state index contributed by atoms with van der Waals surface area (Å²) in [6.07, 6.45) is -5.17. The van der Waals surface area contributed by atoms with Gasteiger partial charge in [-0.15, -0.1) is 0 Å². The predicted octanol–water partition coefficient (Wildman–Crippen LogP) is 0.796. The summed E-state index contributed by atoms with van der Waals surface area (Å²) < 4.78 is 57.3. The lowest BCUT2D eigenvalue weighted by molar-refractivity contribution is -0.173. The molecule has 31 heavy (non-hydrogen) atoms. The molecule has 0 radical (unpaired) electrons. The fourth-order valence-electron chi connectivity index (χ4n) is 3.19. The first-order chi connectivity index (χ1) is 14.5. The minimum Gasteiger partial charge on any atom is -0.423 e. The van der Waals surface area contributed by atoms with E-state index < -0.39 is 48.6 Å². The lowest BCUT2D eigenvalue weighted by atomic mass is 10.1. The van der Waals surface area contributed by atoms with Gasteiger partial charge in [-0.1, -0.05) is 0 Å². The molecule has 3 N–H and O–H groups in total. The number of carbonyl (C=O) groups excluding carboxylic acids is 1. The van der Waals surface area contributed by atoms with Crippen molar-refractivity contribution >= 4 is 11.7 Å². The zero-order valence-electron chi connectivity index (χ0n) is 15.8. The van der Waals surface area contributed by atoms with Crippen LogP contribution in [0.2, 0.25) is 0 Å². The molecule has 4 atom stereocenters. The molecule has 13 heteroatoms. The highest BCUT2D eigenvalue weighted by molar-refractivity contribution is 6.04. The molecule has 0 bridgehead atoms. The number of aliphatic hydroxyl groups excluding tert-OH is 2. The van der Waals surface area contributed by atoms with Crippen LogP contribution < -0.4 is 20.5 Å². The maximum atomic E-state index is 14.2. The highest BCUT2D eigenvalue weighted by Crippen LogP contribution is 2.42. The second-order valence-corrected chi connectivity index (χ2v) is 6.99. The molecule has 0 saturated carbocycles. The molecule has 1 amide bonds. The summed E-state index contributed by atoms with van der Waals surface area (Å²) in [7, 11) is 0. The SMILES string of the molecule is CC1(F)Oc2ccc(C(=O)Nc3ccn(C4O[C@H](CO)[C@@H](O)C4(F)F)c(=O)n3)cc2O1. The Morgan fingerprint density at radius 1 is 1.26 bits per heavy atom. The molecule has 4 rings (SSSR count). The Bertz CT molecular complexity index is 1090. The quantitative estimate of drug-likeness (QED) is 0.632. The third kappa shape index (κ3) is 3.71. The number of aromatic nitrogens is 2. The maximum absolute atomic E-state index is 14.2. The molecule has 2 aliphatic heterocycles. The average Bonchev–Trinajstić information content (AvgIpc) is 3.13. The van der Waals surface area contributed by atoms with Gasteiger partial charge in [0.1, 0.15) is 11.9 Å². The van der Waals surface area contributed by atoms with Crippen molar-refractivity contribution in [3.05, 3.63) is 46.5 Å². The van der Waals surface area contributed by atoms with Gasteiger partial charge >= 0.3 is 17.7 Å². The topological polar surface area (TPSA) is 132 Å². The van der Waals surface area contributed by atoms with E-state index in [9.17, 15) is 27.9 Å². The highest BCUT2D eigenvalue weighted by Gasteiger charge is 2.59. The smallest absolute Gasteiger partial charge is 0.404 e. The number of rotatable bonds is 4. The zero-order valence-corrected chi connectivity index (χ0v) is 15.8. The van der Waals surface area contributed by atoms with Crippen LogP contribution in [0.4, 0.5) is 19.0 Å². The van der Waals surface area contributed by atoms with E-state index in [1.807, 2.05) is 0 Å². The first-order valence-electron chi connectivity index (χ1n) is 8.95. The molecule has 0 spiro atoms. The number of anilines is 1. The number of benzene rings is 1. The molecular weight excluding hydrogens is 427 g/mol. The number of aliphatic hydroxyl groups is 2. The third-order valence-electron chi connectivity index (χ3n) is 4.67. The van der Waals surface area contributed by atoms with Gasteiger partial charge in [-0.05, 0) is 24.3 Å². The highest BCUT2D eigenvalue weighted by atomic mass is 19.3. The van der Waals surface area contributed by atoms with Crippen molar-refractivity contribution < 1.29 is 42.4 Å². The molecule has 1 saturated heterocycles. The number of carbonyl (C=O) groups is 1. The fraction of sp³-hybridized carbons (Fsp3) is 0.389. The zero-order chi connectivity index (χ0) is 22.6. The molecule has 1 aromatic carbocycles. The summed E-state index contributed by atoms with van der Waals surface area (Å²) in [5.74, 6) is -4.75. The van der Waals surface area contributed by atoms with Gasteiger partial charge in [0.2, 0.25) is 6.23 Å². The van der Waals surface area contributed by atoms with Crippen LogP contribution in [-0.2, 0) is 4.74 Å². The number of ether oxygens (including phenoxy) is 3. The van der Waals surface area contributed by atoms with E-state index in [2.05, 4.69) is 10.3 Å². The first-order valence-corrected chi connectivity index (χ1v) is 8.95. The maximum Gasteiger partial charge on any atom is 0.404 e. The Morgan fingerprint density at radius 2 is 1.97 bits per heavy atom. The second-order valence-electron chi connectivity index (χ2n) is 6.99. The van der Waals surface area contributed by atoms with Crippen LogP contribution in [0.15, 0.2) is 35.3 Å². The summed E-state index contributed by atoms with van der Waals surface area (Å²) in [5.41, 5.74) is -1.15. The normalized spacial score (nSPS) is 28.5. The van der Waals surface area contributed by atoms with Crippen LogP contribution >= 0.6 is 0 Å². The number of alkyl halides is 3. The van der Waals surface area contributed by atoms with Crippen LogP contribution in [0.3, 0.4) is 0 Å². The molecule has 166 valence electrons. The predicted molar refractivity (Wildman–Crippen MR) is 95.6 cm³/mol. The molecular formula is C18H16F3N3O7. The van der Waals surface area contributed by atoms with Crippen LogP contribution in [0, 0.1) is 0 Å². The Balaban J connectivity index is 1.52. The number of hydrogen-bond acceptors (Lipinski definition) is 8. The molecule has 1 aromatic heterocycles. The van der Waals surface area contributed by atoms with Crippen molar-refractivity contribution in [2.75, 3.05) is 11.9 Å². The molecule has 10 nitrogen and oxygen atoms in total. The Kier molecular flexibility index (Phi) is 4.91. The number of amides is 1. The molecule has 2 aliphatic rings. The van der Waals surface area contributed by atoms with Crippen LogP contribution in [0.5, 0.6) is 11.5 Å². The standard InChI is InChI=1S/C18H16F3N3O7/c1-17(19)30-9-3-2-8(6-10(9)31-17)14(27)22-12-4-5-24(16(28)23-12)15-18(20,21)13(26)11(7-25)29-15/h2-6,11,13,15,25-26H,7H2,1H3,(H,22,23,27,28)/t11-,13-,15?,17?/m1/s1. The van der Waals surface area contributed by atoms with Crippen LogP contribution in [0.25, 0.3) is 0 Å². The van der Waals surface area contributed by atoms with E-state index in [1.54, 1.807) is 0 Å². The van der Waals surface area contributed by atoms with E-state index in [4.69, 9.17) is 19.3 Å². The van der Waals surface area contributed by atoms with Crippen molar-refractivity contribution in [1.82, 2.24) is 9.55 Å². The lowest BCUT2D eigenvalue weighted by Gasteiger charge is -2.21. The van der Waals surface area contributed by atoms with E-state index in [1.165, 1.54) is 18.2 Å². The Labute approximate surface area is 171 Å². The number of fused-ring (bicyclic) bond motifs is 1. The van der Waals surface area contributed by atoms with Gasteiger partial charge in [-0.2, -0.15) is 18.2 Å². The first kappa shape index (κ1) is 21.1. The second kappa shape index (κ2) is 7.21. The minimum absolute atomic E-state index is 0.00126. The monoisotopic (exact) mass is 443 g/mol. The fourth-order valence-corrected chi connectivity index (χ4v) is 3.19. The average molecular weight is 443 g/mol. The molecule has 1 fully saturated rings. The van der Waals surface area contributed by atoms with Gasteiger partial charge in [0.15, 0.2) is 17.6 Å². The van der Waals surface area contributed by atoms with Gasteiger partial charge < -0.3 is 29.7 Å². The number of nitrogens with zero attached hydrogens (tertiary/aromatic N) is 2.